The average Bonchev–Trinajstić information content (AvgIpc) is 3.41. The van der Waals surface area contributed by atoms with Crippen molar-refractivity contribution in [3.8, 4) is 5.75 Å². The Bertz CT molecular complexity index is 929. The molecule has 2 fully saturated rings. The molecule has 2 saturated heterocycles. The molecule has 7 heteroatoms. The summed E-state index contributed by atoms with van der Waals surface area (Å²) in [5.41, 5.74) is 2.34. The zero-order valence-corrected chi connectivity index (χ0v) is 18.1. The standard InChI is InChI=1S/C25H28N2O5/c28-23-14-15-24(29)27(23)32-25(30)22-9-5-17-26(22)16-4-8-19-10-12-21(13-11-19)31-18-20-6-2-1-3-7-20/h1-3,6-7,10-13,22H,4-5,8-9,14-18H2/t22-/m0/s1. The Morgan fingerprint density at radius 1 is 0.938 bits per heavy atom. The van der Waals surface area contributed by atoms with Crippen LogP contribution in [-0.2, 0) is 32.2 Å². The van der Waals surface area contributed by atoms with Crippen LogP contribution in [0.25, 0.3) is 0 Å². The number of nitrogens with zero attached hydrogens (tertiary/aromatic N) is 2. The lowest BCUT2D eigenvalue weighted by Crippen LogP contribution is -2.42. The fraction of sp³-hybridized carbons (Fsp3) is 0.400. The van der Waals surface area contributed by atoms with Gasteiger partial charge in [0.15, 0.2) is 0 Å². The SMILES string of the molecule is O=C(ON1C(=O)CCC1=O)[C@@H]1CCCN1CCCc1ccc(OCc2ccccc2)cc1. The van der Waals surface area contributed by atoms with Crippen LogP contribution in [0.5, 0.6) is 5.75 Å². The molecule has 2 aliphatic rings. The fourth-order valence-electron chi connectivity index (χ4n) is 4.15. The van der Waals surface area contributed by atoms with Gasteiger partial charge < -0.3 is 9.57 Å². The van der Waals surface area contributed by atoms with E-state index >= 15 is 0 Å². The minimum atomic E-state index is -0.508. The van der Waals surface area contributed by atoms with E-state index in [9.17, 15) is 14.4 Å². The molecule has 2 aliphatic heterocycles. The van der Waals surface area contributed by atoms with Crippen molar-refractivity contribution in [1.29, 1.82) is 0 Å². The number of likely N-dealkylation sites (tertiary alicyclic amines) is 1. The van der Waals surface area contributed by atoms with Crippen molar-refractivity contribution >= 4 is 17.8 Å². The second kappa shape index (κ2) is 10.4. The Kier molecular flexibility index (Phi) is 7.17. The first-order valence-corrected chi connectivity index (χ1v) is 11.2. The van der Waals surface area contributed by atoms with E-state index in [1.54, 1.807) is 0 Å². The Balaban J connectivity index is 1.21. The highest BCUT2D eigenvalue weighted by Crippen LogP contribution is 2.22. The molecule has 0 spiro atoms. The molecule has 168 valence electrons. The van der Waals surface area contributed by atoms with Crippen LogP contribution in [-0.4, -0.2) is 46.9 Å². The molecular weight excluding hydrogens is 408 g/mol. The summed E-state index contributed by atoms with van der Waals surface area (Å²) in [6.07, 6.45) is 3.58. The van der Waals surface area contributed by atoms with Gasteiger partial charge in [-0.2, -0.15) is 0 Å². The predicted molar refractivity (Wildman–Crippen MR) is 117 cm³/mol. The van der Waals surface area contributed by atoms with Crippen molar-refractivity contribution in [2.24, 2.45) is 0 Å². The number of aryl methyl sites for hydroxylation is 1. The number of imide groups is 1. The maximum atomic E-state index is 12.5. The highest BCUT2D eigenvalue weighted by atomic mass is 16.7. The van der Waals surface area contributed by atoms with Gasteiger partial charge >= 0.3 is 5.97 Å². The van der Waals surface area contributed by atoms with E-state index in [0.29, 0.717) is 18.1 Å². The molecule has 0 radical (unpaired) electrons. The molecule has 2 heterocycles. The van der Waals surface area contributed by atoms with Crippen molar-refractivity contribution in [1.82, 2.24) is 9.96 Å². The Labute approximate surface area is 187 Å². The van der Waals surface area contributed by atoms with Gasteiger partial charge in [0.2, 0.25) is 0 Å². The second-order valence-electron chi connectivity index (χ2n) is 8.21. The van der Waals surface area contributed by atoms with Crippen molar-refractivity contribution < 1.29 is 24.0 Å². The number of hydroxylamine groups is 2. The van der Waals surface area contributed by atoms with Gasteiger partial charge in [0.1, 0.15) is 18.4 Å². The Morgan fingerprint density at radius 2 is 1.66 bits per heavy atom. The number of hydrogen-bond donors (Lipinski definition) is 0. The summed E-state index contributed by atoms with van der Waals surface area (Å²) in [4.78, 5) is 43.1. The molecule has 0 saturated carbocycles. The molecule has 0 aromatic heterocycles. The molecule has 2 aromatic carbocycles. The summed E-state index contributed by atoms with van der Waals surface area (Å²) < 4.78 is 5.83. The van der Waals surface area contributed by atoms with Crippen LogP contribution in [0.4, 0.5) is 0 Å². The molecule has 2 aromatic rings. The molecule has 7 nitrogen and oxygen atoms in total. The van der Waals surface area contributed by atoms with Gasteiger partial charge in [-0.3, -0.25) is 14.5 Å². The zero-order chi connectivity index (χ0) is 22.3. The largest absolute Gasteiger partial charge is 0.489 e. The number of carbonyl (C=O) groups excluding carboxylic acids is 3. The van der Waals surface area contributed by atoms with E-state index in [1.807, 2.05) is 42.5 Å². The summed E-state index contributed by atoms with van der Waals surface area (Å²) in [6, 6.07) is 17.8. The number of carbonyl (C=O) groups is 3. The molecule has 0 bridgehead atoms. The average molecular weight is 437 g/mol. The third-order valence-corrected chi connectivity index (χ3v) is 5.91. The quantitative estimate of drug-likeness (QED) is 0.562. The van der Waals surface area contributed by atoms with Gasteiger partial charge in [-0.25, -0.2) is 4.79 Å². The minimum absolute atomic E-state index is 0.108. The minimum Gasteiger partial charge on any atom is -0.489 e. The van der Waals surface area contributed by atoms with Crippen molar-refractivity contribution in [2.45, 2.75) is 51.2 Å². The van der Waals surface area contributed by atoms with Gasteiger partial charge in [-0.05, 0) is 62.0 Å². The van der Waals surface area contributed by atoms with E-state index in [4.69, 9.17) is 9.57 Å². The van der Waals surface area contributed by atoms with E-state index in [-0.39, 0.29) is 12.8 Å². The molecule has 0 aliphatic carbocycles. The van der Waals surface area contributed by atoms with Crippen molar-refractivity contribution in [2.75, 3.05) is 13.1 Å². The number of ether oxygens (including phenoxy) is 1. The maximum Gasteiger partial charge on any atom is 0.350 e. The molecule has 4 rings (SSSR count). The van der Waals surface area contributed by atoms with Crippen molar-refractivity contribution in [3.63, 3.8) is 0 Å². The van der Waals surface area contributed by atoms with Gasteiger partial charge in [-0.15, -0.1) is 5.06 Å². The lowest BCUT2D eigenvalue weighted by molar-refractivity contribution is -0.200. The van der Waals surface area contributed by atoms with E-state index < -0.39 is 23.8 Å². The first-order chi connectivity index (χ1) is 15.6. The second-order valence-corrected chi connectivity index (χ2v) is 8.21. The van der Waals surface area contributed by atoms with Crippen LogP contribution in [0.1, 0.15) is 43.2 Å². The van der Waals surface area contributed by atoms with Gasteiger partial charge in [0, 0.05) is 12.8 Å². The molecule has 0 unspecified atom stereocenters. The third-order valence-electron chi connectivity index (χ3n) is 5.91. The van der Waals surface area contributed by atoms with E-state index in [1.165, 1.54) is 5.56 Å². The lowest BCUT2D eigenvalue weighted by atomic mass is 10.1. The summed E-state index contributed by atoms with van der Waals surface area (Å²) in [5, 5.41) is 0.639. The number of amides is 2. The number of rotatable bonds is 9. The summed E-state index contributed by atoms with van der Waals surface area (Å²) >= 11 is 0. The van der Waals surface area contributed by atoms with Gasteiger partial charge in [-0.1, -0.05) is 42.5 Å². The van der Waals surface area contributed by atoms with Crippen LogP contribution in [0.2, 0.25) is 0 Å². The maximum absolute atomic E-state index is 12.5. The Hall–Kier alpha value is -3.19. The van der Waals surface area contributed by atoms with Crippen LogP contribution in [0, 0.1) is 0 Å². The first kappa shape index (κ1) is 22.0. The number of hydrogen-bond acceptors (Lipinski definition) is 6. The third kappa shape index (κ3) is 5.53. The zero-order valence-electron chi connectivity index (χ0n) is 18.1. The van der Waals surface area contributed by atoms with E-state index in [0.717, 1.165) is 43.7 Å². The predicted octanol–water partition coefficient (Wildman–Crippen LogP) is 3.27. The lowest BCUT2D eigenvalue weighted by Gasteiger charge is -2.24. The Morgan fingerprint density at radius 3 is 2.38 bits per heavy atom. The molecular formula is C25H28N2O5. The van der Waals surface area contributed by atoms with Crippen LogP contribution in [0.3, 0.4) is 0 Å². The normalized spacial score (nSPS) is 18.9. The fourth-order valence-corrected chi connectivity index (χ4v) is 4.15. The van der Waals surface area contributed by atoms with Crippen LogP contribution in [0.15, 0.2) is 54.6 Å². The molecule has 0 N–H and O–H groups in total. The molecule has 32 heavy (non-hydrogen) atoms. The topological polar surface area (TPSA) is 76.2 Å². The highest BCUT2D eigenvalue weighted by molar-refractivity contribution is 6.01. The highest BCUT2D eigenvalue weighted by Gasteiger charge is 2.38. The monoisotopic (exact) mass is 436 g/mol. The van der Waals surface area contributed by atoms with Crippen molar-refractivity contribution in [3.05, 3.63) is 65.7 Å². The van der Waals surface area contributed by atoms with Gasteiger partial charge in [0.25, 0.3) is 11.8 Å². The summed E-state index contributed by atoms with van der Waals surface area (Å²) in [5.74, 6) is -0.551. The smallest absolute Gasteiger partial charge is 0.350 e. The number of benzene rings is 2. The van der Waals surface area contributed by atoms with Crippen LogP contribution < -0.4 is 4.74 Å². The van der Waals surface area contributed by atoms with E-state index in [2.05, 4.69) is 17.0 Å². The summed E-state index contributed by atoms with van der Waals surface area (Å²) in [7, 11) is 0. The first-order valence-electron chi connectivity index (χ1n) is 11.2. The van der Waals surface area contributed by atoms with Gasteiger partial charge in [0.05, 0.1) is 0 Å². The van der Waals surface area contributed by atoms with Crippen LogP contribution >= 0.6 is 0 Å². The molecule has 1 atom stereocenters. The summed E-state index contributed by atoms with van der Waals surface area (Å²) in [6.45, 7) is 2.11. The molecule has 2 amide bonds.